The van der Waals surface area contributed by atoms with Gasteiger partial charge in [-0.3, -0.25) is 9.59 Å². The second-order valence-electron chi connectivity index (χ2n) is 7.33. The van der Waals surface area contributed by atoms with Crippen molar-refractivity contribution in [2.75, 3.05) is 19.7 Å². The number of likely N-dealkylation sites (tertiary alicyclic amines) is 1. The average Bonchev–Trinajstić information content (AvgIpc) is 2.77. The van der Waals surface area contributed by atoms with Crippen molar-refractivity contribution in [1.29, 1.82) is 0 Å². The van der Waals surface area contributed by atoms with Crippen molar-refractivity contribution in [3.8, 4) is 5.75 Å². The van der Waals surface area contributed by atoms with Crippen LogP contribution in [-0.4, -0.2) is 36.3 Å². The summed E-state index contributed by atoms with van der Waals surface area (Å²) in [4.78, 5) is 26.9. The van der Waals surface area contributed by atoms with Crippen LogP contribution in [0, 0.1) is 5.92 Å². The van der Waals surface area contributed by atoms with Crippen molar-refractivity contribution in [3.63, 3.8) is 0 Å². The second kappa shape index (κ2) is 8.78. The summed E-state index contributed by atoms with van der Waals surface area (Å²) >= 11 is 3.47. The minimum atomic E-state index is -0.0356. The molecule has 1 amide bonds. The number of hydrogen-bond acceptors (Lipinski definition) is 3. The summed E-state index contributed by atoms with van der Waals surface area (Å²) in [6.07, 6.45) is 1.40. The first-order chi connectivity index (χ1) is 14.1. The number of halogens is 1. The molecule has 0 bridgehead atoms. The van der Waals surface area contributed by atoms with Crippen molar-refractivity contribution >= 4 is 38.4 Å². The quantitative estimate of drug-likeness (QED) is 0.506. The number of ketones is 1. The Morgan fingerprint density at radius 3 is 2.38 bits per heavy atom. The van der Waals surface area contributed by atoms with Gasteiger partial charge in [-0.15, -0.1) is 0 Å². The number of ether oxygens (including phenoxy) is 1. The molecule has 0 aromatic heterocycles. The lowest BCUT2D eigenvalue weighted by Crippen LogP contribution is -2.42. The summed E-state index contributed by atoms with van der Waals surface area (Å²) < 4.78 is 6.76. The maximum Gasteiger partial charge on any atom is 0.260 e. The molecule has 0 atom stereocenters. The third kappa shape index (κ3) is 4.67. The molecule has 148 valence electrons. The smallest absolute Gasteiger partial charge is 0.260 e. The van der Waals surface area contributed by atoms with Gasteiger partial charge >= 0.3 is 0 Å². The Kier molecular flexibility index (Phi) is 5.95. The van der Waals surface area contributed by atoms with Gasteiger partial charge in [-0.25, -0.2) is 0 Å². The lowest BCUT2D eigenvalue weighted by atomic mass is 9.89. The topological polar surface area (TPSA) is 46.6 Å². The van der Waals surface area contributed by atoms with Crippen molar-refractivity contribution < 1.29 is 14.3 Å². The molecule has 0 spiro atoms. The molecule has 4 nitrogen and oxygen atoms in total. The largest absolute Gasteiger partial charge is 0.484 e. The predicted molar refractivity (Wildman–Crippen MR) is 117 cm³/mol. The molecule has 0 N–H and O–H groups in total. The standard InChI is InChI=1S/C24H22BrNO3/c25-21-8-6-20-15-22(9-7-19(20)14-21)29-16-23(27)26-12-10-18(11-13-26)24(28)17-4-2-1-3-5-17/h1-9,14-15,18H,10-13,16H2. The van der Waals surface area contributed by atoms with Crippen LogP contribution in [0.3, 0.4) is 0 Å². The molecule has 1 fully saturated rings. The summed E-state index contributed by atoms with van der Waals surface area (Å²) in [5.41, 5.74) is 0.754. The van der Waals surface area contributed by atoms with Gasteiger partial charge in [0.05, 0.1) is 0 Å². The van der Waals surface area contributed by atoms with Gasteiger partial charge in [0, 0.05) is 29.0 Å². The highest BCUT2D eigenvalue weighted by Gasteiger charge is 2.28. The van der Waals surface area contributed by atoms with E-state index in [1.165, 1.54) is 0 Å². The number of amides is 1. The molecule has 0 saturated carbocycles. The van der Waals surface area contributed by atoms with Gasteiger partial charge < -0.3 is 9.64 Å². The van der Waals surface area contributed by atoms with Crippen LogP contribution in [0.2, 0.25) is 0 Å². The molecule has 0 aliphatic carbocycles. The summed E-state index contributed by atoms with van der Waals surface area (Å²) in [7, 11) is 0. The highest BCUT2D eigenvalue weighted by Crippen LogP contribution is 2.25. The minimum absolute atomic E-state index is 0.0119. The van der Waals surface area contributed by atoms with E-state index in [4.69, 9.17) is 4.74 Å². The van der Waals surface area contributed by atoms with Crippen LogP contribution < -0.4 is 4.74 Å². The predicted octanol–water partition coefficient (Wildman–Crippen LogP) is 5.10. The van der Waals surface area contributed by atoms with E-state index in [-0.39, 0.29) is 24.2 Å². The number of hydrogen-bond donors (Lipinski definition) is 0. The van der Waals surface area contributed by atoms with Crippen molar-refractivity contribution in [1.82, 2.24) is 4.90 Å². The van der Waals surface area contributed by atoms with E-state index in [1.54, 1.807) is 4.90 Å². The van der Waals surface area contributed by atoms with Crippen LogP contribution in [-0.2, 0) is 4.79 Å². The normalized spacial score (nSPS) is 14.7. The number of carbonyl (C=O) groups excluding carboxylic acids is 2. The molecular formula is C24H22BrNO3. The van der Waals surface area contributed by atoms with Gasteiger partial charge in [-0.1, -0.05) is 58.4 Å². The van der Waals surface area contributed by atoms with E-state index in [0.717, 1.165) is 20.8 Å². The maximum absolute atomic E-state index is 12.6. The lowest BCUT2D eigenvalue weighted by molar-refractivity contribution is -0.134. The number of Topliss-reactive ketones (excluding diaryl/α,β-unsaturated/α-hetero) is 1. The summed E-state index contributed by atoms with van der Waals surface area (Å²) in [5.74, 6) is 0.813. The zero-order valence-electron chi connectivity index (χ0n) is 16.0. The fourth-order valence-corrected chi connectivity index (χ4v) is 4.13. The van der Waals surface area contributed by atoms with Crippen LogP contribution in [0.1, 0.15) is 23.2 Å². The van der Waals surface area contributed by atoms with Gasteiger partial charge in [0.25, 0.3) is 5.91 Å². The van der Waals surface area contributed by atoms with Crippen LogP contribution in [0.25, 0.3) is 10.8 Å². The molecule has 1 heterocycles. The van der Waals surface area contributed by atoms with E-state index in [0.29, 0.717) is 31.7 Å². The number of piperidine rings is 1. The molecule has 1 aliphatic rings. The number of benzene rings is 3. The Balaban J connectivity index is 1.30. The SMILES string of the molecule is O=C(c1ccccc1)C1CCN(C(=O)COc2ccc3cc(Br)ccc3c2)CC1. The van der Waals surface area contributed by atoms with Gasteiger partial charge in [-0.05, 0) is 47.9 Å². The molecule has 4 rings (SSSR count). The molecule has 1 saturated heterocycles. The highest BCUT2D eigenvalue weighted by molar-refractivity contribution is 9.10. The van der Waals surface area contributed by atoms with Crippen molar-refractivity contribution in [2.24, 2.45) is 5.92 Å². The molecule has 3 aromatic carbocycles. The van der Waals surface area contributed by atoms with Crippen LogP contribution in [0.5, 0.6) is 5.75 Å². The third-order valence-corrected chi connectivity index (χ3v) is 5.91. The van der Waals surface area contributed by atoms with Crippen LogP contribution >= 0.6 is 15.9 Å². The maximum atomic E-state index is 12.6. The number of nitrogens with zero attached hydrogens (tertiary/aromatic N) is 1. The first-order valence-corrected chi connectivity index (χ1v) is 10.6. The monoisotopic (exact) mass is 451 g/mol. The van der Waals surface area contributed by atoms with Gasteiger partial charge in [0.1, 0.15) is 5.75 Å². The summed E-state index contributed by atoms with van der Waals surface area (Å²) in [5, 5.41) is 2.18. The van der Waals surface area contributed by atoms with Crippen LogP contribution in [0.4, 0.5) is 0 Å². The zero-order valence-corrected chi connectivity index (χ0v) is 17.6. The molecule has 3 aromatic rings. The first kappa shape index (κ1) is 19.6. The fraction of sp³-hybridized carbons (Fsp3) is 0.250. The molecule has 0 radical (unpaired) electrons. The molecule has 1 aliphatic heterocycles. The number of carbonyl (C=O) groups is 2. The zero-order chi connectivity index (χ0) is 20.2. The van der Waals surface area contributed by atoms with E-state index in [1.807, 2.05) is 66.7 Å². The molecular weight excluding hydrogens is 430 g/mol. The Morgan fingerprint density at radius 2 is 1.62 bits per heavy atom. The van der Waals surface area contributed by atoms with Crippen LogP contribution in [0.15, 0.2) is 71.2 Å². The highest BCUT2D eigenvalue weighted by atomic mass is 79.9. The summed E-state index contributed by atoms with van der Waals surface area (Å²) in [6, 6.07) is 21.3. The Bertz CT molecular complexity index is 1030. The molecule has 5 heteroatoms. The van der Waals surface area contributed by atoms with E-state index >= 15 is 0 Å². The fourth-order valence-electron chi connectivity index (χ4n) is 3.75. The van der Waals surface area contributed by atoms with Crippen molar-refractivity contribution in [2.45, 2.75) is 12.8 Å². The lowest BCUT2D eigenvalue weighted by Gasteiger charge is -2.31. The van der Waals surface area contributed by atoms with E-state index in [9.17, 15) is 9.59 Å². The number of fused-ring (bicyclic) bond motifs is 1. The van der Waals surface area contributed by atoms with E-state index in [2.05, 4.69) is 15.9 Å². The average molecular weight is 452 g/mol. The molecule has 0 unspecified atom stereocenters. The Hall–Kier alpha value is -2.66. The Labute approximate surface area is 178 Å². The Morgan fingerprint density at radius 1 is 0.931 bits per heavy atom. The van der Waals surface area contributed by atoms with Crippen molar-refractivity contribution in [3.05, 3.63) is 76.8 Å². The minimum Gasteiger partial charge on any atom is -0.484 e. The first-order valence-electron chi connectivity index (χ1n) is 9.79. The number of rotatable bonds is 5. The van der Waals surface area contributed by atoms with E-state index < -0.39 is 0 Å². The summed E-state index contributed by atoms with van der Waals surface area (Å²) in [6.45, 7) is 1.20. The molecule has 29 heavy (non-hydrogen) atoms. The van der Waals surface area contributed by atoms with Gasteiger partial charge in [0.15, 0.2) is 12.4 Å². The third-order valence-electron chi connectivity index (χ3n) is 5.41. The van der Waals surface area contributed by atoms with Gasteiger partial charge in [0.2, 0.25) is 0 Å². The second-order valence-corrected chi connectivity index (χ2v) is 8.24. The van der Waals surface area contributed by atoms with Gasteiger partial charge in [-0.2, -0.15) is 0 Å².